The predicted octanol–water partition coefficient (Wildman–Crippen LogP) is -2.03. The van der Waals surface area contributed by atoms with Gasteiger partial charge in [-0.2, -0.15) is 0 Å². The number of nitrogens with one attached hydrogen (secondary N) is 1. The highest BCUT2D eigenvalue weighted by Crippen LogP contribution is 2.21. The number of hydrogen-bond donors (Lipinski definition) is 4. The summed E-state index contributed by atoms with van der Waals surface area (Å²) in [6, 6.07) is -3.25. The van der Waals surface area contributed by atoms with Crippen LogP contribution in [-0.4, -0.2) is 87.4 Å². The van der Waals surface area contributed by atoms with Crippen LogP contribution in [0.15, 0.2) is 0 Å². The van der Waals surface area contributed by atoms with Crippen LogP contribution >= 0.6 is 0 Å². The fraction of sp³-hybridized carbons (Fsp3) is 0.688. The van der Waals surface area contributed by atoms with Gasteiger partial charge in [-0.15, -0.1) is 0 Å². The van der Waals surface area contributed by atoms with Crippen molar-refractivity contribution in [3.8, 4) is 0 Å². The van der Waals surface area contributed by atoms with Gasteiger partial charge >= 0.3 is 11.9 Å². The summed E-state index contributed by atoms with van der Waals surface area (Å²) in [4.78, 5) is 62.0. The molecule has 2 saturated heterocycles. The Morgan fingerprint density at radius 1 is 1.00 bits per heavy atom. The normalized spacial score (nSPS) is 23.1. The Balaban J connectivity index is 2.13. The molecule has 0 bridgehead atoms. The maximum absolute atomic E-state index is 12.7. The molecule has 0 saturated carbocycles. The Morgan fingerprint density at radius 3 is 2.15 bits per heavy atom. The van der Waals surface area contributed by atoms with Gasteiger partial charge in [-0.3, -0.25) is 19.2 Å². The number of carbonyl (C=O) groups is 5. The van der Waals surface area contributed by atoms with Crippen LogP contribution in [0.2, 0.25) is 0 Å². The van der Waals surface area contributed by atoms with Crippen molar-refractivity contribution in [3.63, 3.8) is 0 Å². The van der Waals surface area contributed by atoms with E-state index in [1.165, 1.54) is 4.90 Å². The number of carboxylic acids is 2. The molecule has 11 nitrogen and oxygen atoms in total. The average molecular weight is 384 g/mol. The molecule has 2 fully saturated rings. The molecule has 2 aliphatic rings. The lowest BCUT2D eigenvalue weighted by atomic mass is 10.1. The maximum atomic E-state index is 12.7. The van der Waals surface area contributed by atoms with Crippen LogP contribution < -0.4 is 11.1 Å². The molecule has 0 radical (unpaired) electrons. The molecule has 11 heteroatoms. The first-order valence-corrected chi connectivity index (χ1v) is 8.81. The summed E-state index contributed by atoms with van der Waals surface area (Å²) in [5.41, 5.74) is 5.34. The van der Waals surface area contributed by atoms with Crippen molar-refractivity contribution >= 4 is 29.7 Å². The van der Waals surface area contributed by atoms with E-state index in [4.69, 9.17) is 10.8 Å². The Labute approximate surface area is 155 Å². The molecule has 3 unspecified atom stereocenters. The zero-order valence-electron chi connectivity index (χ0n) is 14.8. The number of carboxylic acid groups (broad SMARTS) is 2. The minimum Gasteiger partial charge on any atom is -0.481 e. The van der Waals surface area contributed by atoms with E-state index >= 15 is 0 Å². The number of aliphatic carboxylic acids is 2. The van der Waals surface area contributed by atoms with Crippen LogP contribution in [0.3, 0.4) is 0 Å². The van der Waals surface area contributed by atoms with Crippen molar-refractivity contribution < 1.29 is 34.2 Å². The van der Waals surface area contributed by atoms with E-state index in [1.807, 2.05) is 0 Å². The molecule has 3 atom stereocenters. The molecule has 0 aliphatic carbocycles. The molecule has 0 aromatic heterocycles. The summed E-state index contributed by atoms with van der Waals surface area (Å²) in [5, 5.41) is 20.7. The fourth-order valence-corrected chi connectivity index (χ4v) is 3.59. The molecule has 2 heterocycles. The number of likely N-dealkylation sites (tertiary alicyclic amines) is 2. The van der Waals surface area contributed by atoms with Gasteiger partial charge in [0, 0.05) is 13.1 Å². The smallest absolute Gasteiger partial charge is 0.326 e. The molecule has 0 aromatic carbocycles. The molecule has 27 heavy (non-hydrogen) atoms. The van der Waals surface area contributed by atoms with E-state index in [0.717, 1.165) is 4.90 Å². The van der Waals surface area contributed by atoms with E-state index in [9.17, 15) is 29.1 Å². The van der Waals surface area contributed by atoms with Crippen molar-refractivity contribution in [1.82, 2.24) is 15.1 Å². The van der Waals surface area contributed by atoms with Crippen LogP contribution in [0.4, 0.5) is 0 Å². The van der Waals surface area contributed by atoms with Crippen LogP contribution in [0.1, 0.15) is 32.1 Å². The van der Waals surface area contributed by atoms with Crippen LogP contribution in [-0.2, 0) is 24.0 Å². The van der Waals surface area contributed by atoms with Gasteiger partial charge < -0.3 is 31.1 Å². The second-order valence-electron chi connectivity index (χ2n) is 6.64. The number of carbonyl (C=O) groups excluding carboxylic acids is 3. The molecular formula is C16H24N4O7. The van der Waals surface area contributed by atoms with Crippen LogP contribution in [0.5, 0.6) is 0 Å². The minimum absolute atomic E-state index is 0.184. The van der Waals surface area contributed by atoms with Crippen molar-refractivity contribution in [3.05, 3.63) is 0 Å². The van der Waals surface area contributed by atoms with Crippen molar-refractivity contribution in [2.45, 2.75) is 50.2 Å². The number of amides is 3. The second-order valence-corrected chi connectivity index (χ2v) is 6.64. The lowest BCUT2D eigenvalue weighted by Gasteiger charge is -2.29. The molecule has 150 valence electrons. The van der Waals surface area contributed by atoms with Crippen molar-refractivity contribution in [2.24, 2.45) is 5.73 Å². The highest BCUT2D eigenvalue weighted by Gasteiger charge is 2.40. The molecular weight excluding hydrogens is 360 g/mol. The number of nitrogens with zero attached hydrogens (tertiary/aromatic N) is 2. The van der Waals surface area contributed by atoms with Crippen LogP contribution in [0, 0.1) is 0 Å². The van der Waals surface area contributed by atoms with Gasteiger partial charge in [0.2, 0.25) is 17.7 Å². The third-order valence-corrected chi connectivity index (χ3v) is 4.86. The van der Waals surface area contributed by atoms with E-state index in [2.05, 4.69) is 5.32 Å². The number of nitrogens with two attached hydrogens (primary N) is 1. The molecule has 2 rings (SSSR count). The minimum atomic E-state index is -1.40. The summed E-state index contributed by atoms with van der Waals surface area (Å²) in [5.74, 6) is -4.26. The quantitative estimate of drug-likeness (QED) is 0.389. The van der Waals surface area contributed by atoms with Gasteiger partial charge in [0.15, 0.2) is 0 Å². The molecule has 3 amide bonds. The van der Waals surface area contributed by atoms with Crippen LogP contribution in [0.25, 0.3) is 0 Å². The lowest BCUT2D eigenvalue weighted by Crippen LogP contribution is -2.56. The topological polar surface area (TPSA) is 170 Å². The van der Waals surface area contributed by atoms with E-state index < -0.39 is 54.2 Å². The third kappa shape index (κ3) is 4.73. The largest absolute Gasteiger partial charge is 0.481 e. The standard InChI is InChI=1S/C16H24N4O7/c17-8-12(21)19-5-1-3-10(19)14(24)18-9(7-13(22)23)15(25)20-6-2-4-11(20)16(26)27/h9-11H,1-8,17H2,(H,18,24)(H,22,23)(H,26,27). The van der Waals surface area contributed by atoms with Gasteiger partial charge in [-0.05, 0) is 25.7 Å². The average Bonchev–Trinajstić information content (AvgIpc) is 3.28. The fourth-order valence-electron chi connectivity index (χ4n) is 3.59. The van der Waals surface area contributed by atoms with Gasteiger partial charge in [-0.25, -0.2) is 4.79 Å². The van der Waals surface area contributed by atoms with Gasteiger partial charge in [0.1, 0.15) is 18.1 Å². The number of hydrogen-bond acceptors (Lipinski definition) is 6. The van der Waals surface area contributed by atoms with E-state index in [-0.39, 0.29) is 19.5 Å². The Kier molecular flexibility index (Phi) is 6.72. The summed E-state index contributed by atoms with van der Waals surface area (Å²) in [7, 11) is 0. The van der Waals surface area contributed by atoms with Gasteiger partial charge in [-0.1, -0.05) is 0 Å². The first-order chi connectivity index (χ1) is 12.8. The molecule has 0 aromatic rings. The molecule has 5 N–H and O–H groups in total. The first-order valence-electron chi connectivity index (χ1n) is 8.81. The van der Waals surface area contributed by atoms with Crippen molar-refractivity contribution in [1.29, 1.82) is 0 Å². The highest BCUT2D eigenvalue weighted by atomic mass is 16.4. The molecule has 2 aliphatic heterocycles. The van der Waals surface area contributed by atoms with E-state index in [1.54, 1.807) is 0 Å². The highest BCUT2D eigenvalue weighted by molar-refractivity contribution is 5.95. The Morgan fingerprint density at radius 2 is 1.59 bits per heavy atom. The summed E-state index contributed by atoms with van der Waals surface area (Å²) in [6.07, 6.45) is 1.06. The Bertz CT molecular complexity index is 638. The zero-order valence-corrected chi connectivity index (χ0v) is 14.8. The van der Waals surface area contributed by atoms with E-state index in [0.29, 0.717) is 25.8 Å². The SMILES string of the molecule is NCC(=O)N1CCCC1C(=O)NC(CC(=O)O)C(=O)N1CCCC1C(=O)O. The third-order valence-electron chi connectivity index (χ3n) is 4.86. The summed E-state index contributed by atoms with van der Waals surface area (Å²) >= 11 is 0. The molecule has 0 spiro atoms. The number of rotatable bonds is 7. The zero-order chi connectivity index (χ0) is 20.1. The second kappa shape index (κ2) is 8.80. The predicted molar refractivity (Wildman–Crippen MR) is 90.3 cm³/mol. The summed E-state index contributed by atoms with van der Waals surface area (Å²) < 4.78 is 0. The monoisotopic (exact) mass is 384 g/mol. The lowest BCUT2D eigenvalue weighted by molar-refractivity contribution is -0.151. The maximum Gasteiger partial charge on any atom is 0.326 e. The van der Waals surface area contributed by atoms with Gasteiger partial charge in [0.05, 0.1) is 13.0 Å². The first kappa shape index (κ1) is 20.6. The van der Waals surface area contributed by atoms with Gasteiger partial charge in [0.25, 0.3) is 0 Å². The van der Waals surface area contributed by atoms with Crippen molar-refractivity contribution in [2.75, 3.05) is 19.6 Å². The Hall–Kier alpha value is -2.69. The summed E-state index contributed by atoms with van der Waals surface area (Å²) in [6.45, 7) is 0.289.